The monoisotopic (exact) mass is 393 g/mol. The van der Waals surface area contributed by atoms with Gasteiger partial charge < -0.3 is 5.32 Å². The molecule has 3 aromatic rings. The average molecular weight is 394 g/mol. The van der Waals surface area contributed by atoms with Crippen molar-refractivity contribution in [2.24, 2.45) is 0 Å². The summed E-state index contributed by atoms with van der Waals surface area (Å²) in [5, 5.41) is 7.62. The number of carbonyl (C=O) groups is 2. The standard InChI is InChI=1S/C22H23N3O2S/c1-5-16-8-9-18(28-16)21(27)17-11-19(26)23-22-20(17)14(4)24-25(22)15-7-6-12(2)13(3)10-15/h6-10,17H,5,11H2,1-4H3,(H,23,26). The first kappa shape index (κ1) is 18.6. The maximum Gasteiger partial charge on any atom is 0.226 e. The number of thiophene rings is 1. The average Bonchev–Trinajstić information content (AvgIpc) is 3.28. The molecule has 0 spiro atoms. The van der Waals surface area contributed by atoms with Crippen molar-refractivity contribution in [2.75, 3.05) is 5.32 Å². The molecule has 0 bridgehead atoms. The van der Waals surface area contributed by atoms with E-state index in [1.165, 1.54) is 21.8 Å². The van der Waals surface area contributed by atoms with Crippen molar-refractivity contribution in [1.29, 1.82) is 0 Å². The van der Waals surface area contributed by atoms with E-state index in [-0.39, 0.29) is 18.1 Å². The number of nitrogens with zero attached hydrogens (tertiary/aromatic N) is 2. The van der Waals surface area contributed by atoms with Crippen LogP contribution in [0.1, 0.15) is 56.2 Å². The van der Waals surface area contributed by atoms with E-state index in [1.807, 2.05) is 37.3 Å². The molecule has 1 unspecified atom stereocenters. The molecule has 1 amide bonds. The molecule has 0 saturated heterocycles. The number of anilines is 1. The van der Waals surface area contributed by atoms with E-state index in [1.54, 1.807) is 4.68 Å². The molecule has 4 rings (SSSR count). The van der Waals surface area contributed by atoms with Gasteiger partial charge in [-0.15, -0.1) is 11.3 Å². The van der Waals surface area contributed by atoms with Gasteiger partial charge in [-0.3, -0.25) is 9.59 Å². The first-order valence-corrected chi connectivity index (χ1v) is 10.3. The third-order valence-corrected chi connectivity index (χ3v) is 6.65. The molecule has 144 valence electrons. The smallest absolute Gasteiger partial charge is 0.226 e. The highest BCUT2D eigenvalue weighted by molar-refractivity contribution is 7.14. The number of hydrogen-bond acceptors (Lipinski definition) is 4. The zero-order valence-corrected chi connectivity index (χ0v) is 17.3. The lowest BCUT2D eigenvalue weighted by atomic mass is 9.87. The van der Waals surface area contributed by atoms with Crippen LogP contribution in [0, 0.1) is 20.8 Å². The molecule has 3 heterocycles. The van der Waals surface area contributed by atoms with E-state index < -0.39 is 5.92 Å². The van der Waals surface area contributed by atoms with Crippen molar-refractivity contribution >= 4 is 28.8 Å². The Morgan fingerprint density at radius 2 is 2.00 bits per heavy atom. The summed E-state index contributed by atoms with van der Waals surface area (Å²) in [6, 6.07) is 9.94. The minimum Gasteiger partial charge on any atom is -0.310 e. The van der Waals surface area contributed by atoms with Crippen molar-refractivity contribution in [3.05, 3.63) is 62.5 Å². The maximum absolute atomic E-state index is 13.2. The van der Waals surface area contributed by atoms with Crippen LogP contribution in [0.5, 0.6) is 0 Å². The van der Waals surface area contributed by atoms with Crippen LogP contribution in [0.3, 0.4) is 0 Å². The number of ketones is 1. The molecule has 1 aromatic carbocycles. The summed E-state index contributed by atoms with van der Waals surface area (Å²) in [5.41, 5.74) is 4.83. The fourth-order valence-corrected chi connectivity index (χ4v) is 4.63. The van der Waals surface area contributed by atoms with Gasteiger partial charge in [0.25, 0.3) is 0 Å². The molecule has 6 heteroatoms. The predicted molar refractivity (Wildman–Crippen MR) is 112 cm³/mol. The number of carbonyl (C=O) groups excluding carboxylic acids is 2. The molecule has 0 fully saturated rings. The van der Waals surface area contributed by atoms with Gasteiger partial charge in [-0.25, -0.2) is 4.68 Å². The van der Waals surface area contributed by atoms with E-state index in [0.717, 1.165) is 28.9 Å². The summed E-state index contributed by atoms with van der Waals surface area (Å²) < 4.78 is 1.75. The quantitative estimate of drug-likeness (QED) is 0.652. The second kappa shape index (κ2) is 7.02. The van der Waals surface area contributed by atoms with Crippen LogP contribution in [-0.4, -0.2) is 21.5 Å². The summed E-state index contributed by atoms with van der Waals surface area (Å²) in [6.07, 6.45) is 1.06. The second-order valence-electron chi connectivity index (χ2n) is 7.32. The minimum atomic E-state index is -0.493. The first-order chi connectivity index (χ1) is 13.4. The molecule has 0 radical (unpaired) electrons. The van der Waals surface area contributed by atoms with Gasteiger partial charge in [-0.1, -0.05) is 13.0 Å². The van der Waals surface area contributed by atoms with Crippen LogP contribution < -0.4 is 5.32 Å². The molecule has 1 aliphatic rings. The van der Waals surface area contributed by atoms with Crippen LogP contribution in [0.25, 0.3) is 5.69 Å². The van der Waals surface area contributed by atoms with Crippen LogP contribution in [0.15, 0.2) is 30.3 Å². The first-order valence-electron chi connectivity index (χ1n) is 9.49. The highest BCUT2D eigenvalue weighted by Crippen LogP contribution is 2.39. The van der Waals surface area contributed by atoms with Gasteiger partial charge in [0.05, 0.1) is 22.2 Å². The third-order valence-electron chi connectivity index (χ3n) is 5.41. The van der Waals surface area contributed by atoms with E-state index in [0.29, 0.717) is 10.7 Å². The van der Waals surface area contributed by atoms with Crippen molar-refractivity contribution in [3.63, 3.8) is 0 Å². The molecule has 1 atom stereocenters. The fourth-order valence-electron chi connectivity index (χ4n) is 3.69. The molecule has 0 saturated carbocycles. The van der Waals surface area contributed by atoms with E-state index in [9.17, 15) is 9.59 Å². The Morgan fingerprint density at radius 3 is 2.68 bits per heavy atom. The predicted octanol–water partition coefficient (Wildman–Crippen LogP) is 4.73. The SMILES string of the molecule is CCc1ccc(C(=O)C2CC(=O)Nc3c2c(C)nn3-c2ccc(C)c(C)c2)s1. The van der Waals surface area contributed by atoms with E-state index >= 15 is 0 Å². The number of fused-ring (bicyclic) bond motifs is 1. The Bertz CT molecular complexity index is 1090. The zero-order valence-electron chi connectivity index (χ0n) is 16.5. The highest BCUT2D eigenvalue weighted by Gasteiger charge is 2.36. The Morgan fingerprint density at radius 1 is 1.21 bits per heavy atom. The molecule has 5 nitrogen and oxygen atoms in total. The Labute approximate surface area is 168 Å². The van der Waals surface area contributed by atoms with Gasteiger partial charge in [-0.2, -0.15) is 5.10 Å². The Kier molecular flexibility index (Phi) is 4.67. The molecule has 2 aromatic heterocycles. The summed E-state index contributed by atoms with van der Waals surface area (Å²) in [5.74, 6) is -0.0262. The Balaban J connectivity index is 1.80. The van der Waals surface area contributed by atoms with Crippen molar-refractivity contribution < 1.29 is 9.59 Å². The maximum atomic E-state index is 13.2. The minimum absolute atomic E-state index is 0.00327. The van der Waals surface area contributed by atoms with Crippen LogP contribution in [0.2, 0.25) is 0 Å². The fraction of sp³-hybridized carbons (Fsp3) is 0.318. The molecule has 28 heavy (non-hydrogen) atoms. The van der Waals surface area contributed by atoms with Gasteiger partial charge in [0, 0.05) is 16.9 Å². The lowest BCUT2D eigenvalue weighted by Gasteiger charge is -2.22. The van der Waals surface area contributed by atoms with Gasteiger partial charge in [-0.05, 0) is 62.6 Å². The number of rotatable bonds is 4. The number of aryl methyl sites for hydroxylation is 4. The second-order valence-corrected chi connectivity index (χ2v) is 8.49. The molecule has 0 aliphatic carbocycles. The van der Waals surface area contributed by atoms with Crippen LogP contribution in [0.4, 0.5) is 5.82 Å². The van der Waals surface area contributed by atoms with Gasteiger partial charge in [0.2, 0.25) is 5.91 Å². The topological polar surface area (TPSA) is 64.0 Å². The highest BCUT2D eigenvalue weighted by atomic mass is 32.1. The van der Waals surface area contributed by atoms with Gasteiger partial charge in [0.15, 0.2) is 5.78 Å². The number of amides is 1. The summed E-state index contributed by atoms with van der Waals surface area (Å²) in [7, 11) is 0. The lowest BCUT2D eigenvalue weighted by Crippen LogP contribution is -2.28. The third kappa shape index (κ3) is 3.07. The van der Waals surface area contributed by atoms with Crippen molar-refractivity contribution in [2.45, 2.75) is 46.5 Å². The van der Waals surface area contributed by atoms with Gasteiger partial charge >= 0.3 is 0 Å². The van der Waals surface area contributed by atoms with Crippen molar-refractivity contribution in [3.8, 4) is 5.69 Å². The van der Waals surface area contributed by atoms with Gasteiger partial charge in [0.1, 0.15) is 5.82 Å². The number of aromatic nitrogens is 2. The molecule has 1 aliphatic heterocycles. The van der Waals surface area contributed by atoms with E-state index in [2.05, 4.69) is 31.2 Å². The summed E-state index contributed by atoms with van der Waals surface area (Å²) in [6.45, 7) is 8.09. The molecule has 1 N–H and O–H groups in total. The number of Topliss-reactive ketones (excluding diaryl/α,β-unsaturated/α-hetero) is 1. The summed E-state index contributed by atoms with van der Waals surface area (Å²) in [4.78, 5) is 27.6. The van der Waals surface area contributed by atoms with Crippen molar-refractivity contribution in [1.82, 2.24) is 9.78 Å². The summed E-state index contributed by atoms with van der Waals surface area (Å²) >= 11 is 1.51. The number of hydrogen-bond donors (Lipinski definition) is 1. The number of benzene rings is 1. The molecular weight excluding hydrogens is 370 g/mol. The normalized spacial score (nSPS) is 16.0. The molecular formula is C22H23N3O2S. The van der Waals surface area contributed by atoms with E-state index in [4.69, 9.17) is 0 Å². The zero-order chi connectivity index (χ0) is 20.0. The van der Waals surface area contributed by atoms with Crippen LogP contribution >= 0.6 is 11.3 Å². The Hall–Kier alpha value is -2.73. The largest absolute Gasteiger partial charge is 0.310 e. The van der Waals surface area contributed by atoms with Crippen LogP contribution in [-0.2, 0) is 11.2 Å². The number of nitrogens with one attached hydrogen (secondary N) is 1. The lowest BCUT2D eigenvalue weighted by molar-refractivity contribution is -0.116.